The lowest BCUT2D eigenvalue weighted by Gasteiger charge is -2.22. The number of nitriles is 1. The maximum absolute atomic E-state index is 12.0. The smallest absolute Gasteiger partial charge is 0.532 e. The van der Waals surface area contributed by atoms with Crippen LogP contribution >= 0.6 is 0 Å². The van der Waals surface area contributed by atoms with Gasteiger partial charge in [-0.3, -0.25) is 9.48 Å². The number of nitrogens with zero attached hydrogens (tertiary/aromatic N) is 3. The number of anilines is 2. The molecule has 3 heterocycles. The molecule has 31 heavy (non-hydrogen) atoms. The summed E-state index contributed by atoms with van der Waals surface area (Å²) in [4.78, 5) is 12.0. The molecule has 2 aliphatic heterocycles. The molecule has 4 N–H and O–H groups in total. The second-order valence-corrected chi connectivity index (χ2v) is 7.86. The number of nitrogens with one attached hydrogen (secondary N) is 1. The normalized spacial score (nSPS) is 19.6. The summed E-state index contributed by atoms with van der Waals surface area (Å²) in [5.74, 6) is 2.67. The number of amides is 1. The Morgan fingerprint density at radius 1 is 1.35 bits per heavy atom. The SMILES string of the molecule is C#N.NC(=O)c1cn([C@@H]2CCCOC2)nc1Nc1cc2c(c(C3CC3)c1)OB(O)C=C2. The van der Waals surface area contributed by atoms with Gasteiger partial charge in [0, 0.05) is 30.6 Å². The van der Waals surface area contributed by atoms with E-state index < -0.39 is 13.0 Å². The first-order valence-electron chi connectivity index (χ1n) is 10.3. The molecule has 0 bridgehead atoms. The summed E-state index contributed by atoms with van der Waals surface area (Å²) in [7, 11) is -0.923. The molecule has 2 aromatic rings. The maximum atomic E-state index is 12.0. The third-order valence-electron chi connectivity index (χ3n) is 5.61. The van der Waals surface area contributed by atoms with Gasteiger partial charge in [-0.15, -0.1) is 0 Å². The number of carbonyl (C=O) groups excluding carboxylic acids is 1. The lowest BCUT2D eigenvalue weighted by Crippen LogP contribution is -2.22. The predicted molar refractivity (Wildman–Crippen MR) is 116 cm³/mol. The van der Waals surface area contributed by atoms with Gasteiger partial charge >= 0.3 is 7.12 Å². The summed E-state index contributed by atoms with van der Waals surface area (Å²) in [5, 5.41) is 24.2. The highest BCUT2D eigenvalue weighted by molar-refractivity contribution is 6.51. The summed E-state index contributed by atoms with van der Waals surface area (Å²) in [6.07, 6.45) is 7.67. The average molecular weight is 421 g/mol. The lowest BCUT2D eigenvalue weighted by atomic mass is 9.85. The highest BCUT2D eigenvalue weighted by atomic mass is 16.5. The van der Waals surface area contributed by atoms with Crippen LogP contribution < -0.4 is 15.7 Å². The fraction of sp³-hybridized carbons (Fsp3) is 0.381. The zero-order valence-electron chi connectivity index (χ0n) is 17.0. The third kappa shape index (κ3) is 4.43. The second kappa shape index (κ2) is 8.84. The number of rotatable bonds is 5. The number of aromatic nitrogens is 2. The van der Waals surface area contributed by atoms with E-state index in [-0.39, 0.29) is 6.04 Å². The van der Waals surface area contributed by atoms with Crippen LogP contribution in [0.2, 0.25) is 0 Å². The van der Waals surface area contributed by atoms with Gasteiger partial charge in [-0.05, 0) is 55.3 Å². The Bertz CT molecular complexity index is 1020. The highest BCUT2D eigenvalue weighted by Gasteiger charge is 2.31. The van der Waals surface area contributed by atoms with Gasteiger partial charge in [0.05, 0.1) is 12.6 Å². The predicted octanol–water partition coefficient (Wildman–Crippen LogP) is 2.52. The standard InChI is InChI=1S/C20H23BN4O4.CHN/c22-19(26)17-10-25(15-2-1-7-28-11-15)24-20(17)23-14-8-13-5-6-21(27)29-18(13)16(9-14)12-3-4-12;1-2/h5-6,8-10,12,15,27H,1-4,7,11H2,(H2,22,26)(H,23,24);1H/t15-;/m1./s1. The van der Waals surface area contributed by atoms with E-state index >= 15 is 0 Å². The van der Waals surface area contributed by atoms with Gasteiger partial charge in [0.25, 0.3) is 5.91 Å². The van der Waals surface area contributed by atoms with Crippen molar-refractivity contribution in [1.82, 2.24) is 9.78 Å². The van der Waals surface area contributed by atoms with Crippen molar-refractivity contribution in [3.05, 3.63) is 41.0 Å². The maximum Gasteiger partial charge on any atom is 0.552 e. The first kappa shape index (κ1) is 21.0. The van der Waals surface area contributed by atoms with Gasteiger partial charge in [-0.2, -0.15) is 5.10 Å². The zero-order chi connectivity index (χ0) is 22.0. The molecule has 0 spiro atoms. The van der Waals surface area contributed by atoms with Crippen molar-refractivity contribution in [1.29, 1.82) is 5.26 Å². The summed E-state index contributed by atoms with van der Waals surface area (Å²) < 4.78 is 13.0. The van der Waals surface area contributed by atoms with E-state index in [9.17, 15) is 9.82 Å². The van der Waals surface area contributed by atoms with Crippen LogP contribution in [0, 0.1) is 11.8 Å². The van der Waals surface area contributed by atoms with Gasteiger partial charge in [0.1, 0.15) is 11.3 Å². The number of nitrogens with two attached hydrogens (primary N) is 1. The summed E-state index contributed by atoms with van der Waals surface area (Å²) in [6.45, 7) is 4.84. The first-order valence-corrected chi connectivity index (χ1v) is 10.3. The van der Waals surface area contributed by atoms with Crippen LogP contribution in [0.5, 0.6) is 5.75 Å². The second-order valence-electron chi connectivity index (χ2n) is 7.86. The number of hydrogen-bond donors (Lipinski definition) is 3. The average Bonchev–Trinajstić information content (AvgIpc) is 3.55. The van der Waals surface area contributed by atoms with E-state index in [1.807, 2.05) is 18.2 Å². The molecular formula is C21H24BN5O4. The molecule has 1 aliphatic carbocycles. The molecular weight excluding hydrogens is 397 g/mol. The van der Waals surface area contributed by atoms with Gasteiger partial charge in [-0.1, -0.05) is 6.08 Å². The molecule has 0 unspecified atom stereocenters. The Morgan fingerprint density at radius 3 is 2.84 bits per heavy atom. The van der Waals surface area contributed by atoms with Crippen molar-refractivity contribution in [2.24, 2.45) is 5.73 Å². The number of fused-ring (bicyclic) bond motifs is 1. The number of benzene rings is 1. The summed E-state index contributed by atoms with van der Waals surface area (Å²) in [6, 6.07) is 4.04. The number of primary amides is 1. The molecule has 1 atom stereocenters. The number of hydrogen-bond acceptors (Lipinski definition) is 7. The van der Waals surface area contributed by atoms with E-state index in [0.29, 0.717) is 23.9 Å². The largest absolute Gasteiger partial charge is 0.552 e. The van der Waals surface area contributed by atoms with Gasteiger partial charge < -0.3 is 25.5 Å². The van der Waals surface area contributed by atoms with Crippen LogP contribution in [0.3, 0.4) is 0 Å². The Hall–Kier alpha value is -3.29. The van der Waals surface area contributed by atoms with Crippen LogP contribution in [0.25, 0.3) is 6.08 Å². The van der Waals surface area contributed by atoms with Crippen LogP contribution in [0.15, 0.2) is 24.3 Å². The molecule has 1 saturated carbocycles. The molecule has 1 aromatic carbocycles. The van der Waals surface area contributed by atoms with E-state index in [1.54, 1.807) is 16.9 Å². The molecule has 1 saturated heterocycles. The van der Waals surface area contributed by atoms with Crippen molar-refractivity contribution >= 4 is 30.6 Å². The summed E-state index contributed by atoms with van der Waals surface area (Å²) in [5.41, 5.74) is 8.72. The van der Waals surface area contributed by atoms with Crippen LogP contribution in [0.1, 0.15) is 59.1 Å². The molecule has 160 valence electrons. The fourth-order valence-electron chi connectivity index (χ4n) is 3.97. The molecule has 2 fully saturated rings. The first-order chi connectivity index (χ1) is 15.1. The van der Waals surface area contributed by atoms with Crippen LogP contribution in [0.4, 0.5) is 11.5 Å². The minimum atomic E-state index is -0.923. The van der Waals surface area contributed by atoms with Crippen LogP contribution in [-0.4, -0.2) is 41.0 Å². The van der Waals surface area contributed by atoms with Crippen molar-refractivity contribution in [3.63, 3.8) is 0 Å². The number of ether oxygens (including phenoxy) is 1. The van der Waals surface area contributed by atoms with Crippen molar-refractivity contribution in [3.8, 4) is 12.3 Å². The molecule has 3 aliphatic rings. The molecule has 1 amide bonds. The molecule has 0 radical (unpaired) electrons. The van der Waals surface area contributed by atoms with Crippen molar-refractivity contribution in [2.45, 2.75) is 37.6 Å². The topological polar surface area (TPSA) is 135 Å². The molecule has 5 rings (SSSR count). The quantitative estimate of drug-likeness (QED) is 0.632. The minimum absolute atomic E-state index is 0.0979. The Morgan fingerprint density at radius 2 is 2.16 bits per heavy atom. The third-order valence-corrected chi connectivity index (χ3v) is 5.61. The Labute approximate surface area is 180 Å². The highest BCUT2D eigenvalue weighted by Crippen LogP contribution is 2.48. The van der Waals surface area contributed by atoms with E-state index in [2.05, 4.69) is 17.0 Å². The van der Waals surface area contributed by atoms with Gasteiger partial charge in [0.15, 0.2) is 5.82 Å². The molecule has 9 nitrogen and oxygen atoms in total. The zero-order valence-corrected chi connectivity index (χ0v) is 17.0. The van der Waals surface area contributed by atoms with Crippen molar-refractivity contribution in [2.75, 3.05) is 18.5 Å². The molecule has 1 aromatic heterocycles. The van der Waals surface area contributed by atoms with Gasteiger partial charge in [-0.25, -0.2) is 5.26 Å². The van der Waals surface area contributed by atoms with Crippen LogP contribution in [-0.2, 0) is 4.74 Å². The monoisotopic (exact) mass is 421 g/mol. The van der Waals surface area contributed by atoms with E-state index in [4.69, 9.17) is 20.4 Å². The lowest BCUT2D eigenvalue weighted by molar-refractivity contribution is 0.0550. The summed E-state index contributed by atoms with van der Waals surface area (Å²) >= 11 is 0. The van der Waals surface area contributed by atoms with Gasteiger partial charge in [0.2, 0.25) is 0 Å². The van der Waals surface area contributed by atoms with E-state index in [1.165, 1.54) is 0 Å². The Balaban J connectivity index is 0.00000112. The van der Waals surface area contributed by atoms with E-state index in [0.717, 1.165) is 54.9 Å². The Kier molecular flexibility index (Phi) is 5.98. The van der Waals surface area contributed by atoms with Crippen molar-refractivity contribution < 1.29 is 19.2 Å². The fourth-order valence-corrected chi connectivity index (χ4v) is 3.97. The minimum Gasteiger partial charge on any atom is -0.532 e. The number of carbonyl (C=O) groups is 1. The molecule has 10 heteroatoms.